The smallest absolute Gasteiger partial charge is 0.277 e. The van der Waals surface area contributed by atoms with Gasteiger partial charge in [0.2, 0.25) is 11.8 Å². The number of ether oxygens (including phenoxy) is 1. The van der Waals surface area contributed by atoms with Crippen molar-refractivity contribution in [3.63, 3.8) is 0 Å². The van der Waals surface area contributed by atoms with Gasteiger partial charge >= 0.3 is 0 Å². The molecule has 0 spiro atoms. The molecule has 0 aliphatic heterocycles. The lowest BCUT2D eigenvalue weighted by Gasteiger charge is -2.10. The summed E-state index contributed by atoms with van der Waals surface area (Å²) in [6.07, 6.45) is 0. The highest BCUT2D eigenvalue weighted by Gasteiger charge is 2.19. The molecule has 0 aliphatic carbocycles. The molecule has 8 heteroatoms. The van der Waals surface area contributed by atoms with E-state index in [-0.39, 0.29) is 22.8 Å². The second-order valence-electron chi connectivity index (χ2n) is 5.36. The van der Waals surface area contributed by atoms with Gasteiger partial charge in [0.05, 0.1) is 12.4 Å². The number of nitrogens with one attached hydrogen (secondary N) is 1. The number of rotatable bonds is 6. The fourth-order valence-electron chi connectivity index (χ4n) is 2.09. The molecule has 1 amide bonds. The van der Waals surface area contributed by atoms with Gasteiger partial charge in [-0.05, 0) is 55.5 Å². The number of carbonyl (C=O) groups is 1. The van der Waals surface area contributed by atoms with E-state index < -0.39 is 5.25 Å². The number of thioether (sulfide) groups is 1. The van der Waals surface area contributed by atoms with Crippen molar-refractivity contribution >= 4 is 23.4 Å². The number of methoxy groups -OCH3 is 1. The molecule has 26 heavy (non-hydrogen) atoms. The van der Waals surface area contributed by atoms with E-state index in [2.05, 4.69) is 15.5 Å². The third kappa shape index (κ3) is 4.40. The Morgan fingerprint density at radius 1 is 1.15 bits per heavy atom. The maximum atomic E-state index is 13.0. The zero-order valence-electron chi connectivity index (χ0n) is 14.1. The van der Waals surface area contributed by atoms with Crippen LogP contribution in [0.2, 0.25) is 0 Å². The van der Waals surface area contributed by atoms with Crippen molar-refractivity contribution in [3.8, 4) is 17.2 Å². The van der Waals surface area contributed by atoms with Crippen LogP contribution in [0.4, 0.5) is 10.1 Å². The molecule has 1 atom stereocenters. The highest BCUT2D eigenvalue weighted by atomic mass is 32.2. The predicted octanol–water partition coefficient (Wildman–Crippen LogP) is 4.00. The van der Waals surface area contributed by atoms with Crippen LogP contribution in [0.25, 0.3) is 11.5 Å². The van der Waals surface area contributed by atoms with E-state index in [1.54, 1.807) is 50.4 Å². The average molecular weight is 373 g/mol. The SMILES string of the molecule is COc1ccc(NC(=O)[C@@H](C)Sc2nnc(-c3ccc(F)cc3)o2)cc1. The summed E-state index contributed by atoms with van der Waals surface area (Å²) in [6.45, 7) is 1.74. The van der Waals surface area contributed by atoms with Crippen LogP contribution < -0.4 is 10.1 Å². The van der Waals surface area contributed by atoms with E-state index in [9.17, 15) is 9.18 Å². The number of amides is 1. The number of anilines is 1. The molecule has 0 bridgehead atoms. The first-order valence-electron chi connectivity index (χ1n) is 7.76. The van der Waals surface area contributed by atoms with Crippen molar-refractivity contribution in [1.29, 1.82) is 0 Å². The Balaban J connectivity index is 1.61. The number of carbonyl (C=O) groups excluding carboxylic acids is 1. The molecule has 3 aromatic rings. The minimum atomic E-state index is -0.446. The Morgan fingerprint density at radius 2 is 1.85 bits per heavy atom. The molecule has 6 nitrogen and oxygen atoms in total. The molecule has 0 radical (unpaired) electrons. The summed E-state index contributed by atoms with van der Waals surface area (Å²) < 4.78 is 23.6. The van der Waals surface area contributed by atoms with Crippen LogP contribution in [0.3, 0.4) is 0 Å². The summed E-state index contributed by atoms with van der Waals surface area (Å²) in [5.74, 6) is 0.452. The fraction of sp³-hybridized carbons (Fsp3) is 0.167. The molecule has 2 aromatic carbocycles. The largest absolute Gasteiger partial charge is 0.497 e. The highest BCUT2D eigenvalue weighted by molar-refractivity contribution is 8.00. The molecule has 1 heterocycles. The van der Waals surface area contributed by atoms with Gasteiger partial charge in [-0.3, -0.25) is 4.79 Å². The molecule has 0 aliphatic rings. The third-order valence-corrected chi connectivity index (χ3v) is 4.44. The van der Waals surface area contributed by atoms with Crippen molar-refractivity contribution in [2.75, 3.05) is 12.4 Å². The zero-order valence-corrected chi connectivity index (χ0v) is 14.9. The van der Waals surface area contributed by atoms with Gasteiger partial charge in [0.15, 0.2) is 0 Å². The van der Waals surface area contributed by atoms with Gasteiger partial charge in [0, 0.05) is 11.3 Å². The minimum absolute atomic E-state index is 0.193. The van der Waals surface area contributed by atoms with Crippen LogP contribution in [0.5, 0.6) is 5.75 Å². The highest BCUT2D eigenvalue weighted by Crippen LogP contribution is 2.27. The lowest BCUT2D eigenvalue weighted by molar-refractivity contribution is -0.115. The maximum absolute atomic E-state index is 13.0. The van der Waals surface area contributed by atoms with Crippen LogP contribution in [-0.2, 0) is 4.79 Å². The molecule has 3 rings (SSSR count). The first-order chi connectivity index (χ1) is 12.5. The van der Waals surface area contributed by atoms with Crippen LogP contribution in [0.1, 0.15) is 6.92 Å². The summed E-state index contributed by atoms with van der Waals surface area (Å²) in [5, 5.41) is 10.5. The van der Waals surface area contributed by atoms with Crippen LogP contribution in [-0.4, -0.2) is 28.5 Å². The summed E-state index contributed by atoms with van der Waals surface area (Å²) in [4.78, 5) is 12.3. The van der Waals surface area contributed by atoms with E-state index in [0.29, 0.717) is 17.0 Å². The van der Waals surface area contributed by atoms with Crippen molar-refractivity contribution in [2.24, 2.45) is 0 Å². The van der Waals surface area contributed by atoms with Crippen molar-refractivity contribution < 1.29 is 18.3 Å². The first-order valence-corrected chi connectivity index (χ1v) is 8.64. The molecule has 0 saturated heterocycles. The lowest BCUT2D eigenvalue weighted by Crippen LogP contribution is -2.22. The van der Waals surface area contributed by atoms with E-state index in [4.69, 9.17) is 9.15 Å². The quantitative estimate of drug-likeness (QED) is 0.658. The first kappa shape index (κ1) is 17.9. The second-order valence-corrected chi connectivity index (χ2v) is 6.65. The molecule has 0 unspecified atom stereocenters. The standard InChI is InChI=1S/C18H16FN3O3S/c1-11(16(23)20-14-7-9-15(24-2)10-8-14)26-18-22-21-17(25-18)12-3-5-13(19)6-4-12/h3-11H,1-2H3,(H,20,23)/t11-/m1/s1. The summed E-state index contributed by atoms with van der Waals surface area (Å²) in [6, 6.07) is 12.8. The molecule has 0 fully saturated rings. The molecule has 134 valence electrons. The molecule has 1 N–H and O–H groups in total. The van der Waals surface area contributed by atoms with Crippen LogP contribution in [0, 0.1) is 5.82 Å². The molecular weight excluding hydrogens is 357 g/mol. The maximum Gasteiger partial charge on any atom is 0.277 e. The monoisotopic (exact) mass is 373 g/mol. The van der Waals surface area contributed by atoms with Gasteiger partial charge in [-0.1, -0.05) is 11.8 Å². The van der Waals surface area contributed by atoms with Crippen LogP contribution >= 0.6 is 11.8 Å². The van der Waals surface area contributed by atoms with Crippen molar-refractivity contribution in [1.82, 2.24) is 10.2 Å². The number of halogens is 1. The summed E-state index contributed by atoms with van der Waals surface area (Å²) in [5.41, 5.74) is 1.28. The lowest BCUT2D eigenvalue weighted by atomic mass is 10.2. The Bertz CT molecular complexity index is 881. The average Bonchev–Trinajstić information content (AvgIpc) is 3.11. The number of hydrogen-bond acceptors (Lipinski definition) is 6. The van der Waals surface area contributed by atoms with Gasteiger partial charge in [0.1, 0.15) is 11.6 Å². The number of benzene rings is 2. The predicted molar refractivity (Wildman–Crippen MR) is 96.6 cm³/mol. The van der Waals surface area contributed by atoms with Gasteiger partial charge < -0.3 is 14.5 Å². The van der Waals surface area contributed by atoms with E-state index >= 15 is 0 Å². The van der Waals surface area contributed by atoms with Crippen molar-refractivity contribution in [3.05, 3.63) is 54.3 Å². The van der Waals surface area contributed by atoms with E-state index in [1.807, 2.05) is 0 Å². The topological polar surface area (TPSA) is 77.2 Å². The Labute approximate surface area is 153 Å². The Hall–Kier alpha value is -2.87. The van der Waals surface area contributed by atoms with Crippen molar-refractivity contribution in [2.45, 2.75) is 17.4 Å². The molecular formula is C18H16FN3O3S. The molecule has 1 aromatic heterocycles. The second kappa shape index (κ2) is 8.01. The zero-order chi connectivity index (χ0) is 18.5. The van der Waals surface area contributed by atoms with E-state index in [0.717, 1.165) is 11.8 Å². The van der Waals surface area contributed by atoms with Crippen LogP contribution in [0.15, 0.2) is 58.2 Å². The fourth-order valence-corrected chi connectivity index (χ4v) is 2.77. The van der Waals surface area contributed by atoms with Gasteiger partial charge in [0.25, 0.3) is 5.22 Å². The Morgan fingerprint density at radius 3 is 2.50 bits per heavy atom. The van der Waals surface area contributed by atoms with Gasteiger partial charge in [-0.15, -0.1) is 10.2 Å². The number of aromatic nitrogens is 2. The number of nitrogens with zero attached hydrogens (tertiary/aromatic N) is 2. The third-order valence-electron chi connectivity index (χ3n) is 3.50. The van der Waals surface area contributed by atoms with Gasteiger partial charge in [-0.25, -0.2) is 4.39 Å². The van der Waals surface area contributed by atoms with Gasteiger partial charge in [-0.2, -0.15) is 0 Å². The van der Waals surface area contributed by atoms with E-state index in [1.165, 1.54) is 12.1 Å². The minimum Gasteiger partial charge on any atom is -0.497 e. The normalized spacial score (nSPS) is 11.8. The molecule has 0 saturated carbocycles. The summed E-state index contributed by atoms with van der Waals surface area (Å²) >= 11 is 1.15. The number of hydrogen-bond donors (Lipinski definition) is 1. The Kier molecular flexibility index (Phi) is 5.52. The summed E-state index contributed by atoms with van der Waals surface area (Å²) in [7, 11) is 1.58.